The van der Waals surface area contributed by atoms with Crippen molar-refractivity contribution in [3.8, 4) is 0 Å². The maximum atomic E-state index is 11.9. The number of hydrogen-bond donors (Lipinski definition) is 3. The molecule has 0 spiro atoms. The number of hydrazine groups is 1. The van der Waals surface area contributed by atoms with Crippen molar-refractivity contribution in [2.75, 3.05) is 11.9 Å². The fourth-order valence-corrected chi connectivity index (χ4v) is 2.40. The predicted octanol–water partition coefficient (Wildman–Crippen LogP) is -0.290. The molecule has 4 amide bonds. The third-order valence-electron chi connectivity index (χ3n) is 3.75. The molecule has 0 aromatic heterocycles. The average Bonchev–Trinajstić information content (AvgIpc) is 2.99. The van der Waals surface area contributed by atoms with Crippen molar-refractivity contribution >= 4 is 39.9 Å². The van der Waals surface area contributed by atoms with Crippen molar-refractivity contribution in [2.45, 2.75) is 25.7 Å². The summed E-state index contributed by atoms with van der Waals surface area (Å²) in [6.07, 6.45) is 4.92. The first kappa shape index (κ1) is 23.7. The number of carbonyl (C=O) groups excluding carboxylic acids is 4. The van der Waals surface area contributed by atoms with Gasteiger partial charge >= 0.3 is 10.6 Å². The summed E-state index contributed by atoms with van der Waals surface area (Å²) in [5, 5.41) is 2.74. The van der Waals surface area contributed by atoms with Crippen molar-refractivity contribution in [3.63, 3.8) is 0 Å². The van der Waals surface area contributed by atoms with Crippen LogP contribution in [0.1, 0.15) is 36.0 Å². The lowest BCUT2D eigenvalue weighted by atomic mass is 10.1. The fourth-order valence-electron chi connectivity index (χ4n) is 2.40. The van der Waals surface area contributed by atoms with Gasteiger partial charge in [0.2, 0.25) is 5.91 Å². The maximum Gasteiger partial charge on any atom is 0.425 e. The molecule has 0 saturated carbocycles. The SMILES string of the molecule is NNC(=O)c1ccc(NC(=O)CCCCCN2C(=O)C=CC2=O)cc1.O=S(=O)=O. The molecule has 4 N–H and O–H groups in total. The Balaban J connectivity index is 0.000000960. The van der Waals surface area contributed by atoms with E-state index in [1.807, 2.05) is 5.43 Å². The Bertz CT molecular complexity index is 870. The van der Waals surface area contributed by atoms with Gasteiger partial charge in [0.25, 0.3) is 17.7 Å². The molecule has 0 atom stereocenters. The van der Waals surface area contributed by atoms with Crippen LogP contribution in [-0.2, 0) is 25.0 Å². The summed E-state index contributed by atoms with van der Waals surface area (Å²) in [5.74, 6) is 3.95. The summed E-state index contributed by atoms with van der Waals surface area (Å²) in [5.41, 5.74) is 3.03. The highest BCUT2D eigenvalue weighted by molar-refractivity contribution is 7.59. The second-order valence-corrected chi connectivity index (χ2v) is 6.18. The molecule has 0 saturated heterocycles. The number of hydrogen-bond acceptors (Lipinski definition) is 8. The number of nitrogens with zero attached hydrogens (tertiary/aromatic N) is 1. The van der Waals surface area contributed by atoms with Gasteiger partial charge < -0.3 is 5.32 Å². The van der Waals surface area contributed by atoms with Gasteiger partial charge in [-0.15, -0.1) is 12.6 Å². The molecule has 1 aliphatic heterocycles. The zero-order valence-electron chi connectivity index (χ0n) is 15.3. The quantitative estimate of drug-likeness (QED) is 0.168. The van der Waals surface area contributed by atoms with E-state index in [0.717, 1.165) is 6.42 Å². The van der Waals surface area contributed by atoms with E-state index in [-0.39, 0.29) is 17.7 Å². The standard InChI is InChI=1S/C17H20N4O4.O3S/c18-20-17(25)12-5-7-13(8-6-12)19-14(22)4-2-1-3-11-21-15(23)9-10-16(21)24;1-4(2)3/h5-10H,1-4,11,18H2,(H,19,22)(H,20,25);. The molecule has 0 aliphatic carbocycles. The van der Waals surface area contributed by atoms with E-state index in [0.29, 0.717) is 37.1 Å². The van der Waals surface area contributed by atoms with Crippen LogP contribution in [0.25, 0.3) is 0 Å². The van der Waals surface area contributed by atoms with E-state index >= 15 is 0 Å². The number of nitrogen functional groups attached to an aromatic ring is 1. The third-order valence-corrected chi connectivity index (χ3v) is 3.75. The normalized spacial score (nSPS) is 12.2. The van der Waals surface area contributed by atoms with Crippen molar-refractivity contribution in [3.05, 3.63) is 42.0 Å². The molecule has 0 fully saturated rings. The van der Waals surface area contributed by atoms with Crippen LogP contribution < -0.4 is 16.6 Å². The highest BCUT2D eigenvalue weighted by atomic mass is 32.2. The van der Waals surface area contributed by atoms with Gasteiger partial charge in [-0.2, -0.15) is 0 Å². The molecule has 156 valence electrons. The molecule has 1 aromatic rings. The number of imide groups is 1. The van der Waals surface area contributed by atoms with Crippen LogP contribution in [0.15, 0.2) is 36.4 Å². The molecule has 12 heteroatoms. The van der Waals surface area contributed by atoms with E-state index in [4.69, 9.17) is 18.5 Å². The van der Waals surface area contributed by atoms with Gasteiger partial charge in [0.1, 0.15) is 0 Å². The van der Waals surface area contributed by atoms with Crippen LogP contribution >= 0.6 is 0 Å². The first-order valence-corrected chi connectivity index (χ1v) is 9.45. The zero-order chi connectivity index (χ0) is 21.8. The topological polar surface area (TPSA) is 173 Å². The molecular formula is C17H20N4O7S. The van der Waals surface area contributed by atoms with E-state index in [2.05, 4.69) is 5.32 Å². The second-order valence-electron chi connectivity index (χ2n) is 5.78. The van der Waals surface area contributed by atoms with E-state index in [1.165, 1.54) is 17.1 Å². The van der Waals surface area contributed by atoms with E-state index in [9.17, 15) is 19.2 Å². The molecule has 29 heavy (non-hydrogen) atoms. The lowest BCUT2D eigenvalue weighted by Gasteiger charge is -2.13. The molecule has 1 aromatic carbocycles. The highest BCUT2D eigenvalue weighted by Crippen LogP contribution is 2.11. The number of benzene rings is 1. The molecule has 1 heterocycles. The molecule has 2 rings (SSSR count). The number of anilines is 1. The largest absolute Gasteiger partial charge is 0.425 e. The lowest BCUT2D eigenvalue weighted by molar-refractivity contribution is -0.136. The van der Waals surface area contributed by atoms with Crippen LogP contribution in [0.5, 0.6) is 0 Å². The van der Waals surface area contributed by atoms with Gasteiger partial charge in [0, 0.05) is 36.4 Å². The minimum Gasteiger partial charge on any atom is -0.326 e. The van der Waals surface area contributed by atoms with Gasteiger partial charge in [0.05, 0.1) is 0 Å². The Kier molecular flexibility index (Phi) is 9.91. The number of nitrogens with one attached hydrogen (secondary N) is 2. The molecule has 1 aliphatic rings. The lowest BCUT2D eigenvalue weighted by Crippen LogP contribution is -2.30. The molecule has 0 unspecified atom stereocenters. The minimum absolute atomic E-state index is 0.133. The van der Waals surface area contributed by atoms with E-state index < -0.39 is 16.5 Å². The maximum absolute atomic E-state index is 11.9. The summed E-state index contributed by atoms with van der Waals surface area (Å²) >= 11 is 0. The Morgan fingerprint density at radius 2 is 1.48 bits per heavy atom. The van der Waals surface area contributed by atoms with Crippen molar-refractivity contribution in [1.29, 1.82) is 0 Å². The Morgan fingerprint density at radius 1 is 0.931 bits per heavy atom. The third kappa shape index (κ3) is 8.90. The van der Waals surface area contributed by atoms with Gasteiger partial charge in [-0.3, -0.25) is 29.5 Å². The van der Waals surface area contributed by atoms with Crippen LogP contribution in [-0.4, -0.2) is 47.7 Å². The molecule has 0 bridgehead atoms. The second kappa shape index (κ2) is 12.2. The number of amides is 4. The predicted molar refractivity (Wildman–Crippen MR) is 101 cm³/mol. The van der Waals surface area contributed by atoms with Gasteiger partial charge in [-0.25, -0.2) is 5.84 Å². The van der Waals surface area contributed by atoms with Crippen molar-refractivity contribution < 1.29 is 31.8 Å². The van der Waals surface area contributed by atoms with Gasteiger partial charge in [-0.1, -0.05) is 6.42 Å². The first-order chi connectivity index (χ1) is 13.7. The van der Waals surface area contributed by atoms with Crippen molar-refractivity contribution in [2.24, 2.45) is 5.84 Å². The van der Waals surface area contributed by atoms with Crippen molar-refractivity contribution in [1.82, 2.24) is 10.3 Å². The average molecular weight is 424 g/mol. The first-order valence-electron chi connectivity index (χ1n) is 8.45. The summed E-state index contributed by atoms with van der Waals surface area (Å²) in [7, 11) is -3.11. The number of unbranched alkanes of at least 4 members (excludes halogenated alkanes) is 2. The molecule has 11 nitrogen and oxygen atoms in total. The van der Waals surface area contributed by atoms with Crippen LogP contribution in [0.3, 0.4) is 0 Å². The Labute approximate surface area is 168 Å². The number of nitrogens with two attached hydrogens (primary N) is 1. The van der Waals surface area contributed by atoms with Crippen LogP contribution in [0, 0.1) is 0 Å². The van der Waals surface area contributed by atoms with Crippen LogP contribution in [0.2, 0.25) is 0 Å². The summed E-state index contributed by atoms with van der Waals surface area (Å²) < 4.78 is 25.3. The van der Waals surface area contributed by atoms with Crippen LogP contribution in [0.4, 0.5) is 5.69 Å². The minimum atomic E-state index is -3.11. The Hall–Kier alpha value is -3.38. The van der Waals surface area contributed by atoms with Gasteiger partial charge in [-0.05, 0) is 37.1 Å². The van der Waals surface area contributed by atoms with Gasteiger partial charge in [0.15, 0.2) is 0 Å². The monoisotopic (exact) mass is 424 g/mol. The molecular weight excluding hydrogens is 404 g/mol. The fraction of sp³-hybridized carbons (Fsp3) is 0.294. The zero-order valence-corrected chi connectivity index (χ0v) is 16.1. The number of rotatable bonds is 8. The Morgan fingerprint density at radius 3 is 2.00 bits per heavy atom. The summed E-state index contributed by atoms with van der Waals surface area (Å²) in [6.45, 7) is 0.372. The van der Waals surface area contributed by atoms with E-state index in [1.54, 1.807) is 24.3 Å². The summed E-state index contributed by atoms with van der Waals surface area (Å²) in [6, 6.07) is 6.38. The smallest absolute Gasteiger partial charge is 0.326 e. The highest BCUT2D eigenvalue weighted by Gasteiger charge is 2.22. The summed E-state index contributed by atoms with van der Waals surface area (Å²) in [4.78, 5) is 47.1. The number of carbonyl (C=O) groups is 4. The molecule has 0 radical (unpaired) electrons.